The molecule has 0 spiro atoms. The second kappa shape index (κ2) is 5.36. The number of aliphatic hydroxyl groups is 1. The summed E-state index contributed by atoms with van der Waals surface area (Å²) < 4.78 is 0. The zero-order valence-corrected chi connectivity index (χ0v) is 8.64. The lowest BCUT2D eigenvalue weighted by molar-refractivity contribution is 0.0670. The molecule has 0 radical (unpaired) electrons. The molecular formula is C11H22O. The molecule has 0 saturated carbocycles. The van der Waals surface area contributed by atoms with E-state index >= 15 is 0 Å². The highest BCUT2D eigenvalue weighted by atomic mass is 16.3. The van der Waals surface area contributed by atoms with E-state index in [0.717, 1.165) is 19.3 Å². The van der Waals surface area contributed by atoms with Crippen LogP contribution in [0.3, 0.4) is 0 Å². The third kappa shape index (κ3) is 7.80. The lowest BCUT2D eigenvalue weighted by atomic mass is 9.95. The van der Waals surface area contributed by atoms with Crippen molar-refractivity contribution in [2.75, 3.05) is 0 Å². The maximum Gasteiger partial charge on any atom is 0.0591 e. The fourth-order valence-electron chi connectivity index (χ4n) is 1.29. The minimum Gasteiger partial charge on any atom is -0.390 e. The molecule has 1 nitrogen and oxygen atoms in total. The Bertz CT molecular complexity index is 121. The largest absolute Gasteiger partial charge is 0.390 e. The number of rotatable bonds is 6. The summed E-state index contributed by atoms with van der Waals surface area (Å²) in [5.74, 6) is 0.713. The van der Waals surface area contributed by atoms with Crippen LogP contribution in [0.2, 0.25) is 0 Å². The molecule has 1 atom stereocenters. The molecule has 0 fully saturated rings. The van der Waals surface area contributed by atoms with E-state index in [9.17, 15) is 5.11 Å². The fourth-order valence-corrected chi connectivity index (χ4v) is 1.29. The van der Waals surface area contributed by atoms with Crippen molar-refractivity contribution in [1.82, 2.24) is 0 Å². The Balaban J connectivity index is 3.36. The van der Waals surface area contributed by atoms with Crippen molar-refractivity contribution in [2.45, 2.75) is 52.1 Å². The molecule has 72 valence electrons. The van der Waals surface area contributed by atoms with Crippen LogP contribution >= 0.6 is 0 Å². The number of hydrogen-bond acceptors (Lipinski definition) is 1. The topological polar surface area (TPSA) is 20.2 Å². The minimum atomic E-state index is -0.492. The molecule has 0 bridgehead atoms. The SMILES string of the molecule is C=CC[C@@H](C)CCCC(C)(C)O. The predicted molar refractivity (Wildman–Crippen MR) is 54.1 cm³/mol. The standard InChI is InChI=1S/C11H22O/c1-5-7-10(2)8-6-9-11(3,4)12/h5,10,12H,1,6-9H2,2-4H3/t10-/m1/s1. The Morgan fingerprint density at radius 2 is 2.08 bits per heavy atom. The van der Waals surface area contributed by atoms with E-state index in [1.54, 1.807) is 0 Å². The van der Waals surface area contributed by atoms with Crippen molar-refractivity contribution in [1.29, 1.82) is 0 Å². The van der Waals surface area contributed by atoms with Gasteiger partial charge in [0, 0.05) is 0 Å². The zero-order valence-electron chi connectivity index (χ0n) is 8.64. The predicted octanol–water partition coefficient (Wildman–Crippen LogP) is 3.14. The van der Waals surface area contributed by atoms with Crippen LogP contribution in [-0.4, -0.2) is 10.7 Å². The van der Waals surface area contributed by atoms with E-state index in [-0.39, 0.29) is 0 Å². The highest BCUT2D eigenvalue weighted by Crippen LogP contribution is 2.17. The van der Waals surface area contributed by atoms with Crippen LogP contribution in [0.1, 0.15) is 46.5 Å². The zero-order chi connectivity index (χ0) is 9.61. The van der Waals surface area contributed by atoms with E-state index in [0.29, 0.717) is 5.92 Å². The molecule has 1 heteroatoms. The summed E-state index contributed by atoms with van der Waals surface area (Å²) in [6.45, 7) is 9.67. The van der Waals surface area contributed by atoms with Crippen molar-refractivity contribution < 1.29 is 5.11 Å². The summed E-state index contributed by atoms with van der Waals surface area (Å²) in [4.78, 5) is 0. The van der Waals surface area contributed by atoms with Gasteiger partial charge in [0.25, 0.3) is 0 Å². The molecule has 0 unspecified atom stereocenters. The monoisotopic (exact) mass is 170 g/mol. The van der Waals surface area contributed by atoms with Gasteiger partial charge in [-0.1, -0.05) is 25.8 Å². The van der Waals surface area contributed by atoms with Gasteiger partial charge >= 0.3 is 0 Å². The molecule has 0 rings (SSSR count). The molecule has 0 aliphatic carbocycles. The first-order valence-electron chi connectivity index (χ1n) is 4.79. The van der Waals surface area contributed by atoms with Gasteiger partial charge in [-0.2, -0.15) is 0 Å². The molecule has 1 N–H and O–H groups in total. The lowest BCUT2D eigenvalue weighted by Crippen LogP contribution is -2.18. The normalized spacial score (nSPS) is 14.3. The summed E-state index contributed by atoms with van der Waals surface area (Å²) in [5.41, 5.74) is -0.492. The van der Waals surface area contributed by atoms with Crippen molar-refractivity contribution in [2.24, 2.45) is 5.92 Å². The molecular weight excluding hydrogens is 148 g/mol. The van der Waals surface area contributed by atoms with Gasteiger partial charge in [0.1, 0.15) is 0 Å². The second-order valence-corrected chi connectivity index (χ2v) is 4.33. The second-order valence-electron chi connectivity index (χ2n) is 4.33. The quantitative estimate of drug-likeness (QED) is 0.607. The van der Waals surface area contributed by atoms with Gasteiger partial charge in [-0.3, -0.25) is 0 Å². The molecule has 0 aromatic carbocycles. The Labute approximate surface area is 76.5 Å². The third-order valence-corrected chi connectivity index (χ3v) is 2.05. The van der Waals surface area contributed by atoms with E-state index in [2.05, 4.69) is 13.5 Å². The molecule has 0 aromatic rings. The Kier molecular flexibility index (Phi) is 5.23. The maximum atomic E-state index is 9.44. The first-order chi connectivity index (χ1) is 5.45. The summed E-state index contributed by atoms with van der Waals surface area (Å²) in [6.07, 6.45) is 6.25. The van der Waals surface area contributed by atoms with Crippen LogP contribution in [0.15, 0.2) is 12.7 Å². The summed E-state index contributed by atoms with van der Waals surface area (Å²) in [5, 5.41) is 9.44. The smallest absolute Gasteiger partial charge is 0.0591 e. The molecule has 0 amide bonds. The highest BCUT2D eigenvalue weighted by molar-refractivity contribution is 4.72. The van der Waals surface area contributed by atoms with E-state index in [1.807, 2.05) is 19.9 Å². The van der Waals surface area contributed by atoms with Crippen LogP contribution in [0.25, 0.3) is 0 Å². The first-order valence-corrected chi connectivity index (χ1v) is 4.79. The molecule has 12 heavy (non-hydrogen) atoms. The van der Waals surface area contributed by atoms with Gasteiger partial charge in [0.2, 0.25) is 0 Å². The van der Waals surface area contributed by atoms with Crippen LogP contribution in [0, 0.1) is 5.92 Å². The summed E-state index contributed by atoms with van der Waals surface area (Å²) in [7, 11) is 0. The average Bonchev–Trinajstić information content (AvgIpc) is 1.84. The number of hydrogen-bond donors (Lipinski definition) is 1. The molecule has 0 aromatic heterocycles. The Hall–Kier alpha value is -0.300. The van der Waals surface area contributed by atoms with E-state index in [1.165, 1.54) is 6.42 Å². The first kappa shape index (κ1) is 11.7. The lowest BCUT2D eigenvalue weighted by Gasteiger charge is -2.17. The Morgan fingerprint density at radius 1 is 1.50 bits per heavy atom. The molecule has 0 aliphatic heterocycles. The van der Waals surface area contributed by atoms with Crippen LogP contribution in [-0.2, 0) is 0 Å². The third-order valence-electron chi connectivity index (χ3n) is 2.05. The number of allylic oxidation sites excluding steroid dienone is 1. The molecule has 0 saturated heterocycles. The van der Waals surface area contributed by atoms with E-state index < -0.39 is 5.60 Å². The van der Waals surface area contributed by atoms with Gasteiger partial charge in [-0.25, -0.2) is 0 Å². The van der Waals surface area contributed by atoms with Gasteiger partial charge in [-0.05, 0) is 32.6 Å². The maximum absolute atomic E-state index is 9.44. The highest BCUT2D eigenvalue weighted by Gasteiger charge is 2.12. The van der Waals surface area contributed by atoms with Crippen molar-refractivity contribution in [3.63, 3.8) is 0 Å². The average molecular weight is 170 g/mol. The fraction of sp³-hybridized carbons (Fsp3) is 0.818. The van der Waals surface area contributed by atoms with Gasteiger partial charge in [0.05, 0.1) is 5.60 Å². The van der Waals surface area contributed by atoms with Crippen molar-refractivity contribution in [3.8, 4) is 0 Å². The van der Waals surface area contributed by atoms with Crippen molar-refractivity contribution in [3.05, 3.63) is 12.7 Å². The van der Waals surface area contributed by atoms with E-state index in [4.69, 9.17) is 0 Å². The van der Waals surface area contributed by atoms with Crippen LogP contribution in [0.5, 0.6) is 0 Å². The summed E-state index contributed by atoms with van der Waals surface area (Å²) >= 11 is 0. The molecule has 0 heterocycles. The molecule has 0 aliphatic rings. The van der Waals surface area contributed by atoms with Gasteiger partial charge < -0.3 is 5.11 Å². The van der Waals surface area contributed by atoms with Crippen LogP contribution in [0.4, 0.5) is 0 Å². The summed E-state index contributed by atoms with van der Waals surface area (Å²) in [6, 6.07) is 0. The van der Waals surface area contributed by atoms with Gasteiger partial charge in [-0.15, -0.1) is 6.58 Å². The van der Waals surface area contributed by atoms with Crippen molar-refractivity contribution >= 4 is 0 Å². The van der Waals surface area contributed by atoms with Crippen LogP contribution < -0.4 is 0 Å². The minimum absolute atomic E-state index is 0.492. The van der Waals surface area contributed by atoms with Gasteiger partial charge in [0.15, 0.2) is 0 Å². The Morgan fingerprint density at radius 3 is 2.50 bits per heavy atom.